The average molecular weight is 313 g/mol. The lowest BCUT2D eigenvalue weighted by atomic mass is 10.1. The molecule has 0 aliphatic rings. The largest absolute Gasteiger partial charge is 0.367 e. The van der Waals surface area contributed by atoms with E-state index in [1.165, 1.54) is 0 Å². The highest BCUT2D eigenvalue weighted by Crippen LogP contribution is 2.21. The number of aromatic amines is 1. The van der Waals surface area contributed by atoms with Gasteiger partial charge in [0, 0.05) is 31.6 Å². The van der Waals surface area contributed by atoms with Gasteiger partial charge in [-0.25, -0.2) is 9.97 Å². The third-order valence-corrected chi connectivity index (χ3v) is 3.77. The number of rotatable bonds is 6. The Morgan fingerprint density at radius 3 is 2.87 bits per heavy atom. The second kappa shape index (κ2) is 6.36. The first-order valence-corrected chi connectivity index (χ1v) is 8.03. The van der Waals surface area contributed by atoms with Crippen LogP contribution in [0.15, 0.2) is 12.3 Å². The second-order valence-electron chi connectivity index (χ2n) is 6.04. The molecule has 0 radical (unpaired) electrons. The Morgan fingerprint density at radius 1 is 1.35 bits per heavy atom. The maximum atomic E-state index is 4.69. The van der Waals surface area contributed by atoms with Crippen molar-refractivity contribution in [2.24, 2.45) is 7.05 Å². The molecule has 122 valence electrons. The molecule has 3 aromatic heterocycles. The predicted octanol–water partition coefficient (Wildman–Crippen LogP) is 2.39. The second-order valence-corrected chi connectivity index (χ2v) is 6.04. The van der Waals surface area contributed by atoms with E-state index in [0.29, 0.717) is 0 Å². The zero-order chi connectivity index (χ0) is 16.4. The Labute approximate surface area is 135 Å². The van der Waals surface area contributed by atoms with E-state index in [-0.39, 0.29) is 6.04 Å². The summed E-state index contributed by atoms with van der Waals surface area (Å²) in [5, 5.41) is 16.0. The minimum atomic E-state index is 0.213. The van der Waals surface area contributed by atoms with Gasteiger partial charge in [-0.15, -0.1) is 0 Å². The lowest BCUT2D eigenvalue weighted by Crippen LogP contribution is -2.20. The highest BCUT2D eigenvalue weighted by Gasteiger charge is 2.14. The number of nitrogens with one attached hydrogen (secondary N) is 2. The minimum Gasteiger partial charge on any atom is -0.367 e. The van der Waals surface area contributed by atoms with Gasteiger partial charge >= 0.3 is 0 Å². The number of anilines is 1. The van der Waals surface area contributed by atoms with Crippen molar-refractivity contribution in [2.45, 2.75) is 46.1 Å². The summed E-state index contributed by atoms with van der Waals surface area (Å²) < 4.78 is 1.79. The summed E-state index contributed by atoms with van der Waals surface area (Å²) in [7, 11) is 1.91. The molecule has 7 heteroatoms. The molecule has 0 aliphatic carbocycles. The van der Waals surface area contributed by atoms with Gasteiger partial charge in [0.05, 0.1) is 17.3 Å². The molecule has 3 aromatic rings. The fourth-order valence-corrected chi connectivity index (χ4v) is 2.69. The third-order valence-electron chi connectivity index (χ3n) is 3.77. The summed E-state index contributed by atoms with van der Waals surface area (Å²) in [6, 6.07) is 2.28. The quantitative estimate of drug-likeness (QED) is 0.730. The van der Waals surface area contributed by atoms with Gasteiger partial charge in [0.2, 0.25) is 0 Å². The van der Waals surface area contributed by atoms with Gasteiger partial charge in [-0.05, 0) is 26.3 Å². The van der Waals surface area contributed by atoms with Gasteiger partial charge in [-0.2, -0.15) is 10.2 Å². The molecule has 0 unspecified atom stereocenters. The fourth-order valence-electron chi connectivity index (χ4n) is 2.69. The van der Waals surface area contributed by atoms with Gasteiger partial charge in [-0.3, -0.25) is 9.78 Å². The van der Waals surface area contributed by atoms with E-state index < -0.39 is 0 Å². The summed E-state index contributed by atoms with van der Waals surface area (Å²) in [4.78, 5) is 9.30. The van der Waals surface area contributed by atoms with E-state index in [4.69, 9.17) is 0 Å². The van der Waals surface area contributed by atoms with Crippen LogP contribution in [0.5, 0.6) is 0 Å². The van der Waals surface area contributed by atoms with Gasteiger partial charge in [0.25, 0.3) is 0 Å². The summed E-state index contributed by atoms with van der Waals surface area (Å²) in [6.45, 7) is 6.27. The topological polar surface area (TPSA) is 84.3 Å². The zero-order valence-electron chi connectivity index (χ0n) is 14.1. The molecule has 0 saturated carbocycles. The van der Waals surface area contributed by atoms with Crippen molar-refractivity contribution in [3.05, 3.63) is 29.5 Å². The van der Waals surface area contributed by atoms with Crippen molar-refractivity contribution < 1.29 is 0 Å². The Bertz CT molecular complexity index is 802. The molecule has 0 amide bonds. The molecule has 23 heavy (non-hydrogen) atoms. The van der Waals surface area contributed by atoms with Crippen LogP contribution in [0.25, 0.3) is 11.0 Å². The van der Waals surface area contributed by atoms with Crippen molar-refractivity contribution in [3.8, 4) is 0 Å². The lowest BCUT2D eigenvalue weighted by Gasteiger charge is -2.14. The van der Waals surface area contributed by atoms with Crippen LogP contribution in [0, 0.1) is 6.92 Å². The standard InChI is InChI=1S/C16H23N7/c1-5-6-14-19-15(13-9-17-23(4)16(13)20-14)18-10(2)7-12-8-11(3)21-22-12/h8-10H,5-7H2,1-4H3,(H,21,22)(H,18,19,20)/t10-/m0/s1. The van der Waals surface area contributed by atoms with Crippen LogP contribution in [-0.2, 0) is 19.9 Å². The number of hydrogen-bond acceptors (Lipinski definition) is 5. The van der Waals surface area contributed by atoms with Gasteiger partial charge < -0.3 is 5.32 Å². The smallest absolute Gasteiger partial charge is 0.163 e. The first-order chi connectivity index (χ1) is 11.1. The Balaban J connectivity index is 1.85. The Morgan fingerprint density at radius 2 is 2.17 bits per heavy atom. The van der Waals surface area contributed by atoms with E-state index in [1.807, 2.05) is 20.2 Å². The zero-order valence-corrected chi connectivity index (χ0v) is 14.1. The third kappa shape index (κ3) is 3.33. The number of nitrogens with zero attached hydrogens (tertiary/aromatic N) is 5. The summed E-state index contributed by atoms with van der Waals surface area (Å²) in [5.41, 5.74) is 3.00. The van der Waals surface area contributed by atoms with Crippen LogP contribution in [0.2, 0.25) is 0 Å². The van der Waals surface area contributed by atoms with Crippen LogP contribution in [0.1, 0.15) is 37.5 Å². The Kier molecular flexibility index (Phi) is 4.27. The maximum Gasteiger partial charge on any atom is 0.163 e. The molecule has 0 aliphatic heterocycles. The van der Waals surface area contributed by atoms with Crippen molar-refractivity contribution in [1.82, 2.24) is 29.9 Å². The maximum absolute atomic E-state index is 4.69. The molecule has 1 atom stereocenters. The van der Waals surface area contributed by atoms with Crippen LogP contribution in [0.3, 0.4) is 0 Å². The van der Waals surface area contributed by atoms with E-state index in [2.05, 4.69) is 50.5 Å². The van der Waals surface area contributed by atoms with Crippen molar-refractivity contribution in [3.63, 3.8) is 0 Å². The predicted molar refractivity (Wildman–Crippen MR) is 90.4 cm³/mol. The number of H-pyrrole nitrogens is 1. The molecule has 0 bridgehead atoms. The average Bonchev–Trinajstić information content (AvgIpc) is 3.06. The van der Waals surface area contributed by atoms with Crippen molar-refractivity contribution >= 4 is 16.9 Å². The van der Waals surface area contributed by atoms with Crippen molar-refractivity contribution in [2.75, 3.05) is 5.32 Å². The van der Waals surface area contributed by atoms with E-state index in [0.717, 1.165) is 53.3 Å². The molecular weight excluding hydrogens is 290 g/mol. The summed E-state index contributed by atoms with van der Waals surface area (Å²) in [5.74, 6) is 1.71. The number of aryl methyl sites for hydroxylation is 3. The molecule has 0 aromatic carbocycles. The van der Waals surface area contributed by atoms with Crippen LogP contribution in [0.4, 0.5) is 5.82 Å². The summed E-state index contributed by atoms with van der Waals surface area (Å²) in [6.07, 6.45) is 4.53. The van der Waals surface area contributed by atoms with E-state index >= 15 is 0 Å². The molecule has 3 rings (SSSR count). The minimum absolute atomic E-state index is 0.213. The van der Waals surface area contributed by atoms with Gasteiger partial charge in [-0.1, -0.05) is 6.92 Å². The highest BCUT2D eigenvalue weighted by atomic mass is 15.3. The SMILES string of the molecule is CCCc1nc(N[C@@H](C)Cc2cc(C)[nH]n2)c2cnn(C)c2n1. The molecule has 3 heterocycles. The monoisotopic (exact) mass is 313 g/mol. The molecule has 0 spiro atoms. The molecule has 7 nitrogen and oxygen atoms in total. The normalized spacial score (nSPS) is 12.7. The van der Waals surface area contributed by atoms with E-state index in [1.54, 1.807) is 4.68 Å². The highest BCUT2D eigenvalue weighted by molar-refractivity contribution is 5.86. The van der Waals surface area contributed by atoms with Crippen LogP contribution < -0.4 is 5.32 Å². The first-order valence-electron chi connectivity index (χ1n) is 8.03. The number of aromatic nitrogens is 6. The lowest BCUT2D eigenvalue weighted by molar-refractivity contribution is 0.752. The summed E-state index contributed by atoms with van der Waals surface area (Å²) >= 11 is 0. The molecular formula is C16H23N7. The fraction of sp³-hybridized carbons (Fsp3) is 0.500. The molecule has 0 saturated heterocycles. The number of fused-ring (bicyclic) bond motifs is 1. The van der Waals surface area contributed by atoms with Gasteiger partial charge in [0.15, 0.2) is 5.65 Å². The van der Waals surface area contributed by atoms with Crippen LogP contribution in [-0.4, -0.2) is 36.0 Å². The molecule has 2 N–H and O–H groups in total. The van der Waals surface area contributed by atoms with E-state index in [9.17, 15) is 0 Å². The Hall–Kier alpha value is -2.44. The first kappa shape index (κ1) is 15.5. The number of hydrogen-bond donors (Lipinski definition) is 2. The van der Waals surface area contributed by atoms with Crippen molar-refractivity contribution in [1.29, 1.82) is 0 Å². The van der Waals surface area contributed by atoms with Crippen LogP contribution >= 0.6 is 0 Å². The molecule has 0 fully saturated rings. The van der Waals surface area contributed by atoms with Gasteiger partial charge in [0.1, 0.15) is 11.6 Å².